The van der Waals surface area contributed by atoms with Crippen molar-refractivity contribution in [1.29, 1.82) is 0 Å². The predicted octanol–water partition coefficient (Wildman–Crippen LogP) is 8.60. The van der Waals surface area contributed by atoms with Gasteiger partial charge >= 0.3 is 0 Å². The molecule has 5 rings (SSSR count). The minimum absolute atomic E-state index is 0.734. The standard InChI is InChI=1S/C35H30N4/c1-4-6-12-30(39-34(15-7-5-2)25(3)31-24-29(36)16-17-35(31)39)22-26-20-27(32-13-8-10-18-37-32)23-28(21-26)33-14-9-11-19-38-33/h4-24H,1-2,36H2,3H3/b12-6-,15-7-,30-22?. The van der Waals surface area contributed by atoms with Crippen molar-refractivity contribution < 1.29 is 0 Å². The third-order valence-electron chi connectivity index (χ3n) is 6.53. The van der Waals surface area contributed by atoms with Crippen LogP contribution in [0, 0.1) is 6.92 Å². The zero-order valence-corrected chi connectivity index (χ0v) is 22.0. The first-order valence-corrected chi connectivity index (χ1v) is 12.8. The number of aromatic nitrogens is 3. The van der Waals surface area contributed by atoms with E-state index < -0.39 is 0 Å². The van der Waals surface area contributed by atoms with Crippen LogP contribution in [0.1, 0.15) is 16.8 Å². The van der Waals surface area contributed by atoms with E-state index in [0.29, 0.717) is 0 Å². The second kappa shape index (κ2) is 11.4. The highest BCUT2D eigenvalue weighted by Crippen LogP contribution is 2.34. The van der Waals surface area contributed by atoms with Crippen molar-refractivity contribution in [2.75, 3.05) is 5.73 Å². The van der Waals surface area contributed by atoms with Gasteiger partial charge in [-0.3, -0.25) is 9.97 Å². The van der Waals surface area contributed by atoms with Gasteiger partial charge in [0.15, 0.2) is 0 Å². The Morgan fingerprint density at radius 3 is 2.08 bits per heavy atom. The minimum Gasteiger partial charge on any atom is -0.399 e. The number of nitrogens with zero attached hydrogens (tertiary/aromatic N) is 3. The number of rotatable bonds is 8. The number of anilines is 1. The topological polar surface area (TPSA) is 56.7 Å². The van der Waals surface area contributed by atoms with Crippen molar-refractivity contribution in [2.45, 2.75) is 6.92 Å². The van der Waals surface area contributed by atoms with Gasteiger partial charge in [0.25, 0.3) is 0 Å². The fourth-order valence-electron chi connectivity index (χ4n) is 4.74. The van der Waals surface area contributed by atoms with Gasteiger partial charge in [0.1, 0.15) is 0 Å². The van der Waals surface area contributed by atoms with Crippen molar-refractivity contribution in [3.05, 3.63) is 146 Å². The molecule has 0 unspecified atom stereocenters. The fraction of sp³-hybridized carbons (Fsp3) is 0.0286. The molecule has 0 saturated carbocycles. The highest BCUT2D eigenvalue weighted by atomic mass is 15.0. The summed E-state index contributed by atoms with van der Waals surface area (Å²) in [5.41, 5.74) is 16.0. The molecule has 0 spiro atoms. The van der Waals surface area contributed by atoms with E-state index in [1.54, 1.807) is 12.2 Å². The molecule has 4 heteroatoms. The predicted molar refractivity (Wildman–Crippen MR) is 167 cm³/mol. The molecule has 39 heavy (non-hydrogen) atoms. The van der Waals surface area contributed by atoms with Crippen LogP contribution >= 0.6 is 0 Å². The summed E-state index contributed by atoms with van der Waals surface area (Å²) in [5.74, 6) is 0. The average molecular weight is 507 g/mol. The molecule has 0 bridgehead atoms. The fourth-order valence-corrected chi connectivity index (χ4v) is 4.74. The Kier molecular flexibility index (Phi) is 7.46. The van der Waals surface area contributed by atoms with Crippen molar-refractivity contribution in [1.82, 2.24) is 14.5 Å². The van der Waals surface area contributed by atoms with Crippen LogP contribution in [-0.4, -0.2) is 14.5 Å². The molecule has 4 nitrogen and oxygen atoms in total. The lowest BCUT2D eigenvalue weighted by atomic mass is 10.00. The number of allylic oxidation sites excluding steroid dienone is 6. The molecule has 0 aliphatic rings. The Labute approximate surface area is 229 Å². The zero-order valence-electron chi connectivity index (χ0n) is 22.0. The second-order valence-corrected chi connectivity index (χ2v) is 9.15. The summed E-state index contributed by atoms with van der Waals surface area (Å²) in [6.07, 6.45) is 17.4. The van der Waals surface area contributed by atoms with Gasteiger partial charge in [-0.2, -0.15) is 0 Å². The van der Waals surface area contributed by atoms with Crippen LogP contribution in [0.15, 0.2) is 129 Å². The maximum atomic E-state index is 6.18. The molecule has 0 fully saturated rings. The van der Waals surface area contributed by atoms with Crippen LogP contribution in [-0.2, 0) is 0 Å². The second-order valence-electron chi connectivity index (χ2n) is 9.15. The van der Waals surface area contributed by atoms with E-state index >= 15 is 0 Å². The first-order valence-electron chi connectivity index (χ1n) is 12.8. The van der Waals surface area contributed by atoms with Gasteiger partial charge in [-0.1, -0.05) is 49.6 Å². The first kappa shape index (κ1) is 25.4. The molecule has 190 valence electrons. The Hall–Kier alpha value is -5.22. The van der Waals surface area contributed by atoms with E-state index in [1.807, 2.05) is 73.1 Å². The molecule has 0 atom stereocenters. The molecule has 3 heterocycles. The Balaban J connectivity index is 1.79. The third-order valence-corrected chi connectivity index (χ3v) is 6.53. The summed E-state index contributed by atoms with van der Waals surface area (Å²) in [6, 6.07) is 24.4. The molecular weight excluding hydrogens is 476 g/mol. The normalized spacial score (nSPS) is 12.0. The molecule has 2 N–H and O–H groups in total. The van der Waals surface area contributed by atoms with Crippen LogP contribution in [0.5, 0.6) is 0 Å². The highest BCUT2D eigenvalue weighted by Gasteiger charge is 2.15. The van der Waals surface area contributed by atoms with Crippen LogP contribution < -0.4 is 5.73 Å². The average Bonchev–Trinajstić information content (AvgIpc) is 3.25. The maximum Gasteiger partial charge on any atom is 0.0702 e. The Morgan fingerprint density at radius 2 is 1.49 bits per heavy atom. The van der Waals surface area contributed by atoms with Crippen molar-refractivity contribution in [3.8, 4) is 22.5 Å². The van der Waals surface area contributed by atoms with Crippen LogP contribution in [0.2, 0.25) is 0 Å². The third kappa shape index (κ3) is 5.41. The Bertz CT molecular complexity index is 1680. The number of benzene rings is 2. The van der Waals surface area contributed by atoms with E-state index in [9.17, 15) is 0 Å². The van der Waals surface area contributed by atoms with Gasteiger partial charge in [-0.05, 0) is 96.9 Å². The van der Waals surface area contributed by atoms with Gasteiger partial charge in [0.2, 0.25) is 0 Å². The molecule has 0 radical (unpaired) electrons. The maximum absolute atomic E-state index is 6.18. The molecule has 5 aromatic rings. The summed E-state index contributed by atoms with van der Waals surface area (Å²) >= 11 is 0. The number of nitrogen functional groups attached to an aromatic ring is 1. The van der Waals surface area contributed by atoms with E-state index in [4.69, 9.17) is 5.73 Å². The highest BCUT2D eigenvalue weighted by molar-refractivity contribution is 5.96. The molecule has 2 aromatic carbocycles. The van der Waals surface area contributed by atoms with Crippen LogP contribution in [0.4, 0.5) is 5.69 Å². The number of hydrogen-bond acceptors (Lipinski definition) is 3. The monoisotopic (exact) mass is 506 g/mol. The minimum atomic E-state index is 0.734. The van der Waals surface area contributed by atoms with Gasteiger partial charge in [0.05, 0.1) is 16.9 Å². The van der Waals surface area contributed by atoms with Gasteiger partial charge in [-0.25, -0.2) is 0 Å². The molecule has 0 amide bonds. The van der Waals surface area contributed by atoms with E-state index in [2.05, 4.69) is 77.1 Å². The number of aryl methyl sites for hydroxylation is 1. The lowest BCUT2D eigenvalue weighted by Crippen LogP contribution is -1.99. The molecule has 0 aliphatic heterocycles. The van der Waals surface area contributed by atoms with Crippen LogP contribution in [0.3, 0.4) is 0 Å². The van der Waals surface area contributed by atoms with Gasteiger partial charge < -0.3 is 10.3 Å². The van der Waals surface area contributed by atoms with E-state index in [1.165, 1.54) is 0 Å². The summed E-state index contributed by atoms with van der Waals surface area (Å²) in [6.45, 7) is 9.90. The van der Waals surface area contributed by atoms with Gasteiger partial charge in [0, 0.05) is 46.0 Å². The molecule has 0 aliphatic carbocycles. The van der Waals surface area contributed by atoms with Crippen molar-refractivity contribution in [3.63, 3.8) is 0 Å². The summed E-state index contributed by atoms with van der Waals surface area (Å²) in [4.78, 5) is 9.22. The summed E-state index contributed by atoms with van der Waals surface area (Å²) in [7, 11) is 0. The smallest absolute Gasteiger partial charge is 0.0702 e. The van der Waals surface area contributed by atoms with Crippen molar-refractivity contribution in [2.24, 2.45) is 0 Å². The Morgan fingerprint density at radius 1 is 0.821 bits per heavy atom. The van der Waals surface area contributed by atoms with E-state index in [0.717, 1.165) is 61.6 Å². The zero-order chi connectivity index (χ0) is 27.2. The molecule has 3 aromatic heterocycles. The number of pyridine rings is 2. The van der Waals surface area contributed by atoms with E-state index in [-0.39, 0.29) is 0 Å². The summed E-state index contributed by atoms with van der Waals surface area (Å²) in [5, 5.41) is 1.10. The first-order chi connectivity index (χ1) is 19.1. The summed E-state index contributed by atoms with van der Waals surface area (Å²) < 4.78 is 2.25. The molecular formula is C35H30N4. The number of nitrogens with two attached hydrogens (primary N) is 1. The number of hydrogen-bond donors (Lipinski definition) is 1. The lowest BCUT2D eigenvalue weighted by Gasteiger charge is -2.13. The lowest BCUT2D eigenvalue weighted by molar-refractivity contribution is 1.15. The molecule has 0 saturated heterocycles. The van der Waals surface area contributed by atoms with Crippen LogP contribution in [0.25, 0.3) is 51.3 Å². The number of fused-ring (bicyclic) bond motifs is 1. The van der Waals surface area contributed by atoms with Crippen molar-refractivity contribution >= 4 is 34.4 Å². The van der Waals surface area contributed by atoms with Gasteiger partial charge in [-0.15, -0.1) is 0 Å². The SMILES string of the molecule is C=C/C=C\C(=Cc1cc(-c2ccccn2)cc(-c2ccccn2)c1)n1c(/C=C\C=C)c(C)c2cc(N)ccc21. The quantitative estimate of drug-likeness (QED) is 0.169. The largest absolute Gasteiger partial charge is 0.399 e.